The van der Waals surface area contributed by atoms with Gasteiger partial charge in [-0.2, -0.15) is 0 Å². The van der Waals surface area contributed by atoms with Gasteiger partial charge in [-0.15, -0.1) is 0 Å². The molecule has 0 bridgehead atoms. The number of para-hydroxylation sites is 1. The van der Waals surface area contributed by atoms with Gasteiger partial charge in [0.15, 0.2) is 0 Å². The fourth-order valence-electron chi connectivity index (χ4n) is 3.46. The Bertz CT molecular complexity index is 785. The van der Waals surface area contributed by atoms with Crippen molar-refractivity contribution in [3.63, 3.8) is 0 Å². The number of hydrogen-bond acceptors (Lipinski definition) is 3. The third-order valence-electron chi connectivity index (χ3n) is 4.78. The van der Waals surface area contributed by atoms with E-state index in [9.17, 15) is 4.79 Å². The van der Waals surface area contributed by atoms with Crippen LogP contribution in [0.1, 0.15) is 17.5 Å². The number of carbonyl (C=O) groups excluding carboxylic acids is 1. The van der Waals surface area contributed by atoms with Crippen molar-refractivity contribution in [3.05, 3.63) is 71.3 Å². The minimum atomic E-state index is -0.0129. The summed E-state index contributed by atoms with van der Waals surface area (Å²) in [7, 11) is 0. The van der Waals surface area contributed by atoms with E-state index in [1.54, 1.807) is 0 Å². The minimum Gasteiger partial charge on any atom is -0.488 e. The number of ether oxygens (including phenoxy) is 1. The average Bonchev–Trinajstić information content (AvgIpc) is 3.09. The molecule has 2 aromatic carbocycles. The average molecular weight is 334 g/mol. The Morgan fingerprint density at radius 2 is 1.92 bits per heavy atom. The van der Waals surface area contributed by atoms with Gasteiger partial charge in [-0.25, -0.2) is 0 Å². The molecule has 25 heavy (non-hydrogen) atoms. The van der Waals surface area contributed by atoms with Crippen molar-refractivity contribution < 1.29 is 9.53 Å². The summed E-state index contributed by atoms with van der Waals surface area (Å²) >= 11 is 0. The highest BCUT2D eigenvalue weighted by atomic mass is 16.5. The Morgan fingerprint density at radius 1 is 1.12 bits per heavy atom. The van der Waals surface area contributed by atoms with E-state index in [0.29, 0.717) is 12.2 Å². The molecule has 2 aliphatic heterocycles. The molecule has 0 radical (unpaired) electrons. The van der Waals surface area contributed by atoms with Crippen molar-refractivity contribution in [1.29, 1.82) is 0 Å². The molecular formula is C21H22N2O2. The standard InChI is InChI=1S/C21H22N2O2/c24-21(18-12-17-8-4-5-9-20(17)25-15-18)22-19-10-11-23(14-19)13-16-6-2-1-3-7-16/h1-9,12,19H,10-11,13-15H2,(H,22,24). The van der Waals surface area contributed by atoms with Crippen LogP contribution in [-0.4, -0.2) is 36.5 Å². The Labute approximate surface area is 148 Å². The van der Waals surface area contributed by atoms with Gasteiger partial charge < -0.3 is 10.1 Å². The number of nitrogens with zero attached hydrogens (tertiary/aromatic N) is 1. The third kappa shape index (κ3) is 3.74. The van der Waals surface area contributed by atoms with E-state index in [1.165, 1.54) is 5.56 Å². The van der Waals surface area contributed by atoms with Gasteiger partial charge in [0.25, 0.3) is 5.91 Å². The summed E-state index contributed by atoms with van der Waals surface area (Å²) < 4.78 is 5.68. The molecule has 2 aliphatic rings. The molecule has 4 heteroatoms. The van der Waals surface area contributed by atoms with Crippen molar-refractivity contribution >= 4 is 12.0 Å². The Morgan fingerprint density at radius 3 is 2.80 bits per heavy atom. The summed E-state index contributed by atoms with van der Waals surface area (Å²) in [6, 6.07) is 18.5. The number of benzene rings is 2. The topological polar surface area (TPSA) is 41.6 Å². The van der Waals surface area contributed by atoms with Crippen molar-refractivity contribution in [3.8, 4) is 5.75 Å². The number of fused-ring (bicyclic) bond motifs is 1. The molecule has 4 rings (SSSR count). The maximum Gasteiger partial charge on any atom is 0.250 e. The van der Waals surface area contributed by atoms with Crippen LogP contribution in [0, 0.1) is 0 Å². The van der Waals surface area contributed by atoms with Crippen LogP contribution in [0.5, 0.6) is 5.75 Å². The fourth-order valence-corrected chi connectivity index (χ4v) is 3.46. The number of hydrogen-bond donors (Lipinski definition) is 1. The molecule has 1 amide bonds. The first kappa shape index (κ1) is 15.9. The monoisotopic (exact) mass is 334 g/mol. The molecule has 2 aromatic rings. The van der Waals surface area contributed by atoms with Crippen LogP contribution < -0.4 is 10.1 Å². The first-order valence-corrected chi connectivity index (χ1v) is 8.77. The second-order valence-electron chi connectivity index (χ2n) is 6.68. The van der Waals surface area contributed by atoms with E-state index in [1.807, 2.05) is 36.4 Å². The van der Waals surface area contributed by atoms with Gasteiger partial charge in [0, 0.05) is 31.2 Å². The van der Waals surface area contributed by atoms with E-state index in [2.05, 4.69) is 34.5 Å². The van der Waals surface area contributed by atoms with Gasteiger partial charge in [-0.1, -0.05) is 48.5 Å². The number of carbonyl (C=O) groups is 1. The highest BCUT2D eigenvalue weighted by Crippen LogP contribution is 2.26. The van der Waals surface area contributed by atoms with Gasteiger partial charge in [0.2, 0.25) is 0 Å². The quantitative estimate of drug-likeness (QED) is 0.935. The predicted octanol–water partition coefficient (Wildman–Crippen LogP) is 2.85. The summed E-state index contributed by atoms with van der Waals surface area (Å²) in [5, 5.41) is 3.17. The summed E-state index contributed by atoms with van der Waals surface area (Å²) in [5.41, 5.74) is 2.98. The largest absolute Gasteiger partial charge is 0.488 e. The highest BCUT2D eigenvalue weighted by Gasteiger charge is 2.26. The second kappa shape index (κ2) is 7.11. The van der Waals surface area contributed by atoms with Crippen LogP contribution in [0.25, 0.3) is 6.08 Å². The molecule has 1 N–H and O–H groups in total. The number of likely N-dealkylation sites (tertiary alicyclic amines) is 1. The smallest absolute Gasteiger partial charge is 0.250 e. The first-order valence-electron chi connectivity index (χ1n) is 8.77. The molecule has 1 atom stereocenters. The van der Waals surface area contributed by atoms with Gasteiger partial charge in [0.05, 0.1) is 5.57 Å². The second-order valence-corrected chi connectivity index (χ2v) is 6.68. The summed E-state index contributed by atoms with van der Waals surface area (Å²) in [5.74, 6) is 0.829. The lowest BCUT2D eigenvalue weighted by Crippen LogP contribution is -2.39. The molecule has 1 saturated heterocycles. The third-order valence-corrected chi connectivity index (χ3v) is 4.78. The van der Waals surface area contributed by atoms with Crippen molar-refractivity contribution in [2.75, 3.05) is 19.7 Å². The van der Waals surface area contributed by atoms with E-state index in [4.69, 9.17) is 4.74 Å². The Hall–Kier alpha value is -2.59. The molecular weight excluding hydrogens is 312 g/mol. The predicted molar refractivity (Wildman–Crippen MR) is 98.2 cm³/mol. The fraction of sp³-hybridized carbons (Fsp3) is 0.286. The van der Waals surface area contributed by atoms with Crippen LogP contribution in [0.3, 0.4) is 0 Å². The normalized spacial score (nSPS) is 19.7. The van der Waals surface area contributed by atoms with Gasteiger partial charge >= 0.3 is 0 Å². The molecule has 1 unspecified atom stereocenters. The number of amides is 1. The molecule has 2 heterocycles. The molecule has 0 aromatic heterocycles. The van der Waals surface area contributed by atoms with E-state index < -0.39 is 0 Å². The van der Waals surface area contributed by atoms with Gasteiger partial charge in [-0.05, 0) is 24.1 Å². The summed E-state index contributed by atoms with van der Waals surface area (Å²) in [6.45, 7) is 3.18. The molecule has 4 nitrogen and oxygen atoms in total. The first-order chi connectivity index (χ1) is 12.3. The zero-order chi connectivity index (χ0) is 17.1. The molecule has 0 aliphatic carbocycles. The van der Waals surface area contributed by atoms with Crippen LogP contribution in [0.4, 0.5) is 0 Å². The number of rotatable bonds is 4. The van der Waals surface area contributed by atoms with Crippen molar-refractivity contribution in [2.45, 2.75) is 19.0 Å². The molecule has 1 fully saturated rings. The summed E-state index contributed by atoms with van der Waals surface area (Å²) in [6.07, 6.45) is 2.92. The lowest BCUT2D eigenvalue weighted by atomic mass is 10.1. The van der Waals surface area contributed by atoms with Crippen LogP contribution in [0.2, 0.25) is 0 Å². The summed E-state index contributed by atoms with van der Waals surface area (Å²) in [4.78, 5) is 14.9. The maximum atomic E-state index is 12.6. The highest BCUT2D eigenvalue weighted by molar-refractivity contribution is 5.99. The lowest BCUT2D eigenvalue weighted by molar-refractivity contribution is -0.118. The van der Waals surface area contributed by atoms with Gasteiger partial charge in [-0.3, -0.25) is 9.69 Å². The minimum absolute atomic E-state index is 0.0129. The Balaban J connectivity index is 1.34. The van der Waals surface area contributed by atoms with Crippen LogP contribution in [-0.2, 0) is 11.3 Å². The van der Waals surface area contributed by atoms with Crippen molar-refractivity contribution in [1.82, 2.24) is 10.2 Å². The maximum absolute atomic E-state index is 12.6. The van der Waals surface area contributed by atoms with Gasteiger partial charge in [0.1, 0.15) is 12.4 Å². The van der Waals surface area contributed by atoms with Crippen LogP contribution in [0.15, 0.2) is 60.2 Å². The molecule has 0 spiro atoms. The van der Waals surface area contributed by atoms with E-state index >= 15 is 0 Å². The van der Waals surface area contributed by atoms with E-state index in [0.717, 1.165) is 37.4 Å². The molecule has 0 saturated carbocycles. The molecule has 128 valence electrons. The van der Waals surface area contributed by atoms with Crippen LogP contribution >= 0.6 is 0 Å². The SMILES string of the molecule is O=C(NC1CCN(Cc2ccccc2)C1)C1=Cc2ccccc2OC1. The number of nitrogens with one attached hydrogen (secondary N) is 1. The van der Waals surface area contributed by atoms with E-state index in [-0.39, 0.29) is 11.9 Å². The zero-order valence-corrected chi connectivity index (χ0v) is 14.2. The van der Waals surface area contributed by atoms with Crippen molar-refractivity contribution in [2.24, 2.45) is 0 Å². The Kier molecular flexibility index (Phi) is 4.53. The zero-order valence-electron chi connectivity index (χ0n) is 14.2. The lowest BCUT2D eigenvalue weighted by Gasteiger charge is -2.20.